The summed E-state index contributed by atoms with van der Waals surface area (Å²) in [4.78, 5) is 12.5. The van der Waals surface area contributed by atoms with Crippen molar-refractivity contribution in [2.75, 3.05) is 43.2 Å². The zero-order valence-electron chi connectivity index (χ0n) is 16.3. The number of rotatable bonds is 9. The van der Waals surface area contributed by atoms with Crippen molar-refractivity contribution in [2.24, 2.45) is 0 Å². The molecule has 9 heteroatoms. The number of amides is 1. The molecular formula is C19H24N2O6S. The Balaban J connectivity index is 2.28. The highest BCUT2D eigenvalue weighted by molar-refractivity contribution is 7.92. The van der Waals surface area contributed by atoms with Gasteiger partial charge >= 0.3 is 0 Å². The van der Waals surface area contributed by atoms with Gasteiger partial charge in [0.2, 0.25) is 15.9 Å². The molecule has 0 unspecified atom stereocenters. The van der Waals surface area contributed by atoms with E-state index >= 15 is 0 Å². The van der Waals surface area contributed by atoms with Crippen molar-refractivity contribution < 1.29 is 27.4 Å². The second kappa shape index (κ2) is 9.32. The third-order valence-electron chi connectivity index (χ3n) is 3.77. The summed E-state index contributed by atoms with van der Waals surface area (Å²) in [5.74, 6) is 0.838. The molecule has 8 nitrogen and oxygen atoms in total. The van der Waals surface area contributed by atoms with Gasteiger partial charge in [-0.25, -0.2) is 8.42 Å². The minimum atomic E-state index is -3.77. The van der Waals surface area contributed by atoms with Crippen molar-refractivity contribution >= 4 is 27.3 Å². The second-order valence-electron chi connectivity index (χ2n) is 5.82. The second-order valence-corrected chi connectivity index (χ2v) is 7.72. The normalized spacial score (nSPS) is 10.9. The molecule has 0 atom stereocenters. The van der Waals surface area contributed by atoms with E-state index in [9.17, 15) is 13.2 Å². The van der Waals surface area contributed by atoms with Gasteiger partial charge in [0.25, 0.3) is 0 Å². The number of ether oxygens (including phenoxy) is 3. The first-order chi connectivity index (χ1) is 13.3. The number of anilines is 2. The maximum absolute atomic E-state index is 12.5. The van der Waals surface area contributed by atoms with Crippen LogP contribution in [0.1, 0.15) is 6.92 Å². The first-order valence-corrected chi connectivity index (χ1v) is 10.4. The van der Waals surface area contributed by atoms with Crippen LogP contribution in [-0.4, -0.2) is 48.0 Å². The van der Waals surface area contributed by atoms with Crippen molar-refractivity contribution in [1.82, 2.24) is 0 Å². The van der Waals surface area contributed by atoms with Crippen molar-refractivity contribution in [1.29, 1.82) is 0 Å². The first-order valence-electron chi connectivity index (χ1n) is 8.51. The molecule has 0 radical (unpaired) electrons. The van der Waals surface area contributed by atoms with Gasteiger partial charge in [-0.05, 0) is 31.2 Å². The molecule has 0 heterocycles. The lowest BCUT2D eigenvalue weighted by molar-refractivity contribution is -0.114. The summed E-state index contributed by atoms with van der Waals surface area (Å²) in [6.45, 7) is 1.92. The minimum Gasteiger partial charge on any atom is -0.497 e. The molecule has 0 aliphatic carbocycles. The lowest BCUT2D eigenvalue weighted by Gasteiger charge is -2.24. The van der Waals surface area contributed by atoms with Gasteiger partial charge in [0, 0.05) is 17.8 Å². The summed E-state index contributed by atoms with van der Waals surface area (Å²) in [7, 11) is -0.879. The highest BCUT2D eigenvalue weighted by atomic mass is 32.2. The SMILES string of the molecule is CCOc1cccc(NC(=O)CN(c2cc(OC)ccc2OC)S(C)(=O)=O)c1. The van der Waals surface area contributed by atoms with Gasteiger partial charge in [-0.15, -0.1) is 0 Å². The van der Waals surface area contributed by atoms with Gasteiger partial charge in [-0.1, -0.05) is 6.07 Å². The smallest absolute Gasteiger partial charge is 0.245 e. The maximum Gasteiger partial charge on any atom is 0.245 e. The number of hydrogen-bond acceptors (Lipinski definition) is 6. The van der Waals surface area contributed by atoms with E-state index in [1.54, 1.807) is 36.4 Å². The number of carbonyl (C=O) groups is 1. The van der Waals surface area contributed by atoms with Gasteiger partial charge in [-0.2, -0.15) is 0 Å². The topological polar surface area (TPSA) is 94.2 Å². The van der Waals surface area contributed by atoms with Crippen molar-refractivity contribution in [3.05, 3.63) is 42.5 Å². The molecule has 152 valence electrons. The van der Waals surface area contributed by atoms with Gasteiger partial charge in [0.05, 0.1) is 32.8 Å². The molecule has 0 aliphatic rings. The number of nitrogens with zero attached hydrogens (tertiary/aromatic N) is 1. The van der Waals surface area contributed by atoms with Crippen LogP contribution in [-0.2, 0) is 14.8 Å². The monoisotopic (exact) mass is 408 g/mol. The third kappa shape index (κ3) is 5.53. The molecule has 2 aromatic carbocycles. The van der Waals surface area contributed by atoms with E-state index in [2.05, 4.69) is 5.32 Å². The summed E-state index contributed by atoms with van der Waals surface area (Å²) in [5, 5.41) is 2.68. The molecule has 0 saturated carbocycles. The molecule has 1 N–H and O–H groups in total. The maximum atomic E-state index is 12.5. The molecule has 0 aromatic heterocycles. The van der Waals surface area contributed by atoms with Gasteiger partial charge in [-0.3, -0.25) is 9.10 Å². The van der Waals surface area contributed by atoms with E-state index in [4.69, 9.17) is 14.2 Å². The molecular weight excluding hydrogens is 384 g/mol. The Labute approximate surface area is 165 Å². The van der Waals surface area contributed by atoms with E-state index in [0.29, 0.717) is 29.5 Å². The Morgan fingerprint density at radius 1 is 1.07 bits per heavy atom. The van der Waals surface area contributed by atoms with Crippen LogP contribution in [0.2, 0.25) is 0 Å². The number of benzene rings is 2. The van der Waals surface area contributed by atoms with Crippen molar-refractivity contribution in [2.45, 2.75) is 6.92 Å². The van der Waals surface area contributed by atoms with Gasteiger partial charge in [0.1, 0.15) is 23.8 Å². The fourth-order valence-electron chi connectivity index (χ4n) is 2.53. The molecule has 0 saturated heterocycles. The average Bonchev–Trinajstić information content (AvgIpc) is 2.65. The highest BCUT2D eigenvalue weighted by Gasteiger charge is 2.24. The van der Waals surface area contributed by atoms with Crippen LogP contribution in [0.25, 0.3) is 0 Å². The minimum absolute atomic E-state index is 0.211. The van der Waals surface area contributed by atoms with Crippen LogP contribution in [0.3, 0.4) is 0 Å². The summed E-state index contributed by atoms with van der Waals surface area (Å²) >= 11 is 0. The molecule has 2 aromatic rings. The Morgan fingerprint density at radius 2 is 1.82 bits per heavy atom. The highest BCUT2D eigenvalue weighted by Crippen LogP contribution is 2.33. The standard InChI is InChI=1S/C19H24N2O6S/c1-5-27-16-8-6-7-14(11-16)20-19(22)13-21(28(4,23)24)17-12-15(25-2)9-10-18(17)26-3/h6-12H,5,13H2,1-4H3,(H,20,22). The first kappa shape index (κ1) is 21.4. The zero-order valence-corrected chi connectivity index (χ0v) is 17.1. The fourth-order valence-corrected chi connectivity index (χ4v) is 3.39. The predicted molar refractivity (Wildman–Crippen MR) is 108 cm³/mol. The van der Waals surface area contributed by atoms with Crippen LogP contribution in [0.15, 0.2) is 42.5 Å². The number of methoxy groups -OCH3 is 2. The summed E-state index contributed by atoms with van der Waals surface area (Å²) in [6, 6.07) is 11.6. The predicted octanol–water partition coefficient (Wildman–Crippen LogP) is 2.51. The number of nitrogens with one attached hydrogen (secondary N) is 1. The fraction of sp³-hybridized carbons (Fsp3) is 0.316. The van der Waals surface area contributed by atoms with Crippen LogP contribution in [0.4, 0.5) is 11.4 Å². The van der Waals surface area contributed by atoms with Crippen molar-refractivity contribution in [3.63, 3.8) is 0 Å². The summed E-state index contributed by atoms with van der Waals surface area (Å²) < 4.78 is 41.5. The quantitative estimate of drug-likeness (QED) is 0.685. The molecule has 2 rings (SSSR count). The van der Waals surface area contributed by atoms with E-state index in [1.807, 2.05) is 6.92 Å². The third-order valence-corrected chi connectivity index (χ3v) is 4.90. The largest absolute Gasteiger partial charge is 0.497 e. The number of hydrogen-bond donors (Lipinski definition) is 1. The summed E-state index contributed by atoms with van der Waals surface area (Å²) in [6.07, 6.45) is 1.02. The number of sulfonamides is 1. The molecule has 0 fully saturated rings. The van der Waals surface area contributed by atoms with Crippen LogP contribution >= 0.6 is 0 Å². The molecule has 1 amide bonds. The lowest BCUT2D eigenvalue weighted by Crippen LogP contribution is -2.37. The van der Waals surface area contributed by atoms with Crippen LogP contribution < -0.4 is 23.8 Å². The van der Waals surface area contributed by atoms with E-state index in [1.165, 1.54) is 20.3 Å². The molecule has 0 spiro atoms. The van der Waals surface area contributed by atoms with Crippen LogP contribution in [0.5, 0.6) is 17.2 Å². The van der Waals surface area contributed by atoms with Gasteiger partial charge < -0.3 is 19.5 Å². The molecule has 0 aliphatic heterocycles. The Bertz CT molecular complexity index is 930. The lowest BCUT2D eigenvalue weighted by atomic mass is 10.2. The van der Waals surface area contributed by atoms with Gasteiger partial charge in [0.15, 0.2) is 0 Å². The molecule has 0 bridgehead atoms. The Kier molecular flexibility index (Phi) is 7.11. The average molecular weight is 408 g/mol. The molecule has 28 heavy (non-hydrogen) atoms. The van der Waals surface area contributed by atoms with E-state index in [-0.39, 0.29) is 5.69 Å². The number of carbonyl (C=O) groups excluding carboxylic acids is 1. The Morgan fingerprint density at radius 3 is 2.43 bits per heavy atom. The zero-order chi connectivity index (χ0) is 20.7. The van der Waals surface area contributed by atoms with E-state index < -0.39 is 22.5 Å². The Hall–Kier alpha value is -2.94. The summed E-state index contributed by atoms with van der Waals surface area (Å²) in [5.41, 5.74) is 0.713. The van der Waals surface area contributed by atoms with E-state index in [0.717, 1.165) is 10.6 Å². The van der Waals surface area contributed by atoms with Crippen molar-refractivity contribution in [3.8, 4) is 17.2 Å². The van der Waals surface area contributed by atoms with Crippen LogP contribution in [0, 0.1) is 0 Å².